The molecule has 3 nitrogen and oxygen atoms in total. The van der Waals surface area contributed by atoms with Crippen LogP contribution in [0, 0.1) is 6.92 Å². The van der Waals surface area contributed by atoms with Crippen molar-refractivity contribution in [3.05, 3.63) is 30.0 Å². The summed E-state index contributed by atoms with van der Waals surface area (Å²) >= 11 is 0. The Morgan fingerprint density at radius 2 is 2.07 bits per heavy atom. The highest BCUT2D eigenvalue weighted by molar-refractivity contribution is 5.94. The number of nitrogens with one attached hydrogen (secondary N) is 3. The van der Waals surface area contributed by atoms with E-state index >= 15 is 0 Å². The fourth-order valence-corrected chi connectivity index (χ4v) is 1.68. The van der Waals surface area contributed by atoms with Gasteiger partial charge in [0.05, 0.1) is 12.4 Å². The van der Waals surface area contributed by atoms with Gasteiger partial charge >= 0.3 is 0 Å². The van der Waals surface area contributed by atoms with E-state index in [1.54, 1.807) is 0 Å². The van der Waals surface area contributed by atoms with Crippen LogP contribution in [0.1, 0.15) is 5.69 Å². The van der Waals surface area contributed by atoms with Crippen molar-refractivity contribution in [2.24, 2.45) is 0 Å². The number of aryl methyl sites for hydroxylation is 1. The second-order valence-corrected chi connectivity index (χ2v) is 3.38. The molecule has 0 spiro atoms. The molecule has 0 saturated heterocycles. The maximum absolute atomic E-state index is 3.35. The average Bonchev–Trinajstić information content (AvgIpc) is 2.51. The first kappa shape index (κ1) is 9.09. The minimum Gasteiger partial charge on any atom is -0.371 e. The third kappa shape index (κ3) is 1.46. The maximum atomic E-state index is 3.35. The van der Waals surface area contributed by atoms with Gasteiger partial charge in [-0.1, -0.05) is 18.2 Å². The number of hydrogen-bond donors (Lipinski definition) is 3. The van der Waals surface area contributed by atoms with Gasteiger partial charge in [0.15, 0.2) is 0 Å². The first-order valence-corrected chi connectivity index (χ1v) is 4.78. The first-order chi connectivity index (χ1) is 6.83. The highest BCUT2D eigenvalue weighted by atomic mass is 15.1. The molecule has 74 valence electrons. The summed E-state index contributed by atoms with van der Waals surface area (Å²) in [7, 11) is 1.93. The van der Waals surface area contributed by atoms with E-state index < -0.39 is 0 Å². The number of anilines is 1. The Morgan fingerprint density at radius 3 is 2.86 bits per heavy atom. The van der Waals surface area contributed by atoms with E-state index in [-0.39, 0.29) is 0 Å². The lowest BCUT2D eigenvalue weighted by atomic mass is 10.2. The zero-order valence-electron chi connectivity index (χ0n) is 8.52. The molecule has 0 aliphatic rings. The predicted molar refractivity (Wildman–Crippen MR) is 60.6 cm³/mol. The second kappa shape index (κ2) is 3.72. The van der Waals surface area contributed by atoms with Gasteiger partial charge in [-0.3, -0.25) is 0 Å². The molecule has 2 aromatic rings. The van der Waals surface area contributed by atoms with Crippen molar-refractivity contribution in [3.8, 4) is 0 Å². The largest absolute Gasteiger partial charge is 0.371 e. The fraction of sp³-hybridized carbons (Fsp3) is 0.273. The molecule has 0 aliphatic carbocycles. The van der Waals surface area contributed by atoms with Gasteiger partial charge < -0.3 is 15.6 Å². The highest BCUT2D eigenvalue weighted by Crippen LogP contribution is 2.26. The zero-order chi connectivity index (χ0) is 9.97. The van der Waals surface area contributed by atoms with Gasteiger partial charge in [0.1, 0.15) is 0 Å². The summed E-state index contributed by atoms with van der Waals surface area (Å²) in [5.74, 6) is 0. The topological polar surface area (TPSA) is 39.8 Å². The molecule has 1 heterocycles. The summed E-state index contributed by atoms with van der Waals surface area (Å²) < 4.78 is 0. The zero-order valence-corrected chi connectivity index (χ0v) is 8.52. The Balaban J connectivity index is 2.45. The minimum absolute atomic E-state index is 0.780. The summed E-state index contributed by atoms with van der Waals surface area (Å²) in [5, 5.41) is 7.67. The number of benzene rings is 1. The Hall–Kier alpha value is -1.48. The van der Waals surface area contributed by atoms with Gasteiger partial charge in [-0.05, 0) is 20.0 Å². The van der Waals surface area contributed by atoms with Crippen LogP contribution in [0.2, 0.25) is 0 Å². The van der Waals surface area contributed by atoms with E-state index in [4.69, 9.17) is 0 Å². The monoisotopic (exact) mass is 189 g/mol. The van der Waals surface area contributed by atoms with Gasteiger partial charge in [-0.15, -0.1) is 0 Å². The Labute approximate surface area is 83.5 Å². The molecule has 0 unspecified atom stereocenters. The number of H-pyrrole nitrogens is 1. The van der Waals surface area contributed by atoms with E-state index in [1.165, 1.54) is 22.3 Å². The summed E-state index contributed by atoms with van der Waals surface area (Å²) in [6.45, 7) is 2.86. The van der Waals surface area contributed by atoms with Crippen LogP contribution in [0.4, 0.5) is 5.69 Å². The first-order valence-electron chi connectivity index (χ1n) is 4.78. The van der Waals surface area contributed by atoms with Crippen LogP contribution in [-0.2, 0) is 0 Å². The normalized spacial score (nSPS) is 10.7. The van der Waals surface area contributed by atoms with E-state index in [1.807, 2.05) is 13.1 Å². The molecule has 0 aliphatic heterocycles. The number of hydrogen-bond acceptors (Lipinski definition) is 2. The summed E-state index contributed by atoms with van der Waals surface area (Å²) in [6.07, 6.45) is 0. The molecule has 1 aromatic carbocycles. The van der Waals surface area contributed by atoms with Crippen LogP contribution in [0.15, 0.2) is 24.3 Å². The Kier molecular flexibility index (Phi) is 2.41. The standard InChI is InChI=1S/C11H15N3/c1-8-11(13-7-12-2)9-5-3-4-6-10(9)14-8/h3-6,12-14H,7H2,1-2H3. The van der Waals surface area contributed by atoms with Crippen LogP contribution in [0.5, 0.6) is 0 Å². The van der Waals surface area contributed by atoms with Crippen LogP contribution >= 0.6 is 0 Å². The minimum atomic E-state index is 0.780. The van der Waals surface area contributed by atoms with Crippen molar-refractivity contribution in [2.45, 2.75) is 6.92 Å². The average molecular weight is 189 g/mol. The molecule has 2 rings (SSSR count). The molecule has 0 fully saturated rings. The third-order valence-corrected chi connectivity index (χ3v) is 2.34. The smallest absolute Gasteiger partial charge is 0.0651 e. The van der Waals surface area contributed by atoms with E-state index in [0.717, 1.165) is 6.67 Å². The predicted octanol–water partition coefficient (Wildman–Crippen LogP) is 2.07. The lowest BCUT2D eigenvalue weighted by Gasteiger charge is -2.04. The Morgan fingerprint density at radius 1 is 1.29 bits per heavy atom. The summed E-state index contributed by atoms with van der Waals surface area (Å²) in [4.78, 5) is 3.35. The molecule has 3 heteroatoms. The molecular weight excluding hydrogens is 174 g/mol. The summed E-state index contributed by atoms with van der Waals surface area (Å²) in [6, 6.07) is 8.31. The molecule has 0 bridgehead atoms. The number of aromatic nitrogens is 1. The van der Waals surface area contributed by atoms with Crippen LogP contribution in [0.3, 0.4) is 0 Å². The number of aromatic amines is 1. The molecule has 0 saturated carbocycles. The van der Waals surface area contributed by atoms with Crippen molar-refractivity contribution in [2.75, 3.05) is 19.0 Å². The highest BCUT2D eigenvalue weighted by Gasteiger charge is 2.05. The molecular formula is C11H15N3. The van der Waals surface area contributed by atoms with Crippen molar-refractivity contribution in [1.29, 1.82) is 0 Å². The SMILES string of the molecule is CNCNc1c(C)[nH]c2ccccc12. The quantitative estimate of drug-likeness (QED) is 0.647. The lowest BCUT2D eigenvalue weighted by molar-refractivity contribution is 0.874. The van der Waals surface area contributed by atoms with Gasteiger partial charge in [0.2, 0.25) is 0 Å². The number of rotatable bonds is 3. The Bertz CT molecular complexity index is 431. The molecule has 0 atom stereocenters. The molecule has 14 heavy (non-hydrogen) atoms. The van der Waals surface area contributed by atoms with Crippen LogP contribution in [0.25, 0.3) is 10.9 Å². The van der Waals surface area contributed by atoms with Gasteiger partial charge in [0, 0.05) is 16.6 Å². The van der Waals surface area contributed by atoms with E-state index in [2.05, 4.69) is 40.7 Å². The van der Waals surface area contributed by atoms with E-state index in [9.17, 15) is 0 Å². The molecule has 3 N–H and O–H groups in total. The van der Waals surface area contributed by atoms with Crippen molar-refractivity contribution in [3.63, 3.8) is 0 Å². The van der Waals surface area contributed by atoms with Crippen molar-refractivity contribution < 1.29 is 0 Å². The van der Waals surface area contributed by atoms with Crippen LogP contribution < -0.4 is 10.6 Å². The van der Waals surface area contributed by atoms with Crippen molar-refractivity contribution >= 4 is 16.6 Å². The summed E-state index contributed by atoms with van der Waals surface area (Å²) in [5.41, 5.74) is 3.56. The van der Waals surface area contributed by atoms with E-state index in [0.29, 0.717) is 0 Å². The maximum Gasteiger partial charge on any atom is 0.0651 e. The van der Waals surface area contributed by atoms with Crippen molar-refractivity contribution in [1.82, 2.24) is 10.3 Å². The lowest BCUT2D eigenvalue weighted by Crippen LogP contribution is -2.16. The third-order valence-electron chi connectivity index (χ3n) is 2.34. The number of para-hydroxylation sites is 1. The molecule has 0 amide bonds. The van der Waals surface area contributed by atoms with Gasteiger partial charge in [0.25, 0.3) is 0 Å². The molecule has 0 radical (unpaired) electrons. The van der Waals surface area contributed by atoms with Gasteiger partial charge in [-0.25, -0.2) is 0 Å². The number of fused-ring (bicyclic) bond motifs is 1. The van der Waals surface area contributed by atoms with Gasteiger partial charge in [-0.2, -0.15) is 0 Å². The molecule has 1 aromatic heterocycles. The fourth-order valence-electron chi connectivity index (χ4n) is 1.68. The van der Waals surface area contributed by atoms with Crippen LogP contribution in [-0.4, -0.2) is 18.7 Å². The second-order valence-electron chi connectivity index (χ2n) is 3.38.